The number of carbonyl (C=O) groups excluding carboxylic acids is 3. The Morgan fingerprint density at radius 3 is 0.675 bits per heavy atom. The zero-order valence-corrected chi connectivity index (χ0v) is 53.7. The second-order valence-electron chi connectivity index (χ2n) is 21.9. The van der Waals surface area contributed by atoms with Crippen LogP contribution in [-0.4, -0.2) is 37.2 Å². The van der Waals surface area contributed by atoms with E-state index in [0.717, 1.165) is 173 Å². The standard InChI is InChI=1S/C77H124O6/c1-4-7-10-13-16-19-22-25-28-30-32-33-34-35-36-37-38-39-40-41-42-43-45-46-49-52-55-58-61-64-67-70-76(79)82-73-74(72-81-75(78)69-66-63-60-57-54-51-48-27-24-21-18-15-12-9-6-3)83-77(80)71-68-65-62-59-56-53-50-47-44-31-29-26-23-20-17-14-11-8-5-2/h7-12,16-21,25-29,32-33,35-36,38-39,44,47-48,74H,4-6,13-15,22-24,30-31,34,37,40-43,45-46,49-73H2,1-3H3/b10-7-,11-8-,12-9-,19-16-,20-17-,21-18-,28-25-,29-26-,33-32-,36-35-,39-38-,47-44-,48-27-. The smallest absolute Gasteiger partial charge is 0.306 e. The van der Waals surface area contributed by atoms with Gasteiger partial charge in [0.25, 0.3) is 0 Å². The van der Waals surface area contributed by atoms with Gasteiger partial charge in [0.2, 0.25) is 0 Å². The van der Waals surface area contributed by atoms with E-state index in [0.29, 0.717) is 19.3 Å². The molecule has 0 amide bonds. The molecule has 0 aromatic rings. The van der Waals surface area contributed by atoms with E-state index in [1.54, 1.807) is 0 Å². The number of rotatable bonds is 60. The van der Waals surface area contributed by atoms with Crippen molar-refractivity contribution in [3.8, 4) is 0 Å². The van der Waals surface area contributed by atoms with Gasteiger partial charge in [0.1, 0.15) is 13.2 Å². The van der Waals surface area contributed by atoms with Gasteiger partial charge in [0.05, 0.1) is 0 Å². The van der Waals surface area contributed by atoms with Crippen molar-refractivity contribution >= 4 is 17.9 Å². The molecule has 0 aliphatic heterocycles. The van der Waals surface area contributed by atoms with Crippen molar-refractivity contribution in [2.45, 2.75) is 297 Å². The van der Waals surface area contributed by atoms with Crippen LogP contribution in [0.4, 0.5) is 0 Å². The predicted octanol–water partition coefficient (Wildman–Crippen LogP) is 23.7. The van der Waals surface area contributed by atoms with E-state index in [1.165, 1.54) is 77.0 Å². The Morgan fingerprint density at radius 1 is 0.241 bits per heavy atom. The fourth-order valence-corrected chi connectivity index (χ4v) is 9.04. The molecule has 0 fully saturated rings. The van der Waals surface area contributed by atoms with Crippen molar-refractivity contribution in [2.24, 2.45) is 0 Å². The highest BCUT2D eigenvalue weighted by Gasteiger charge is 2.19. The summed E-state index contributed by atoms with van der Waals surface area (Å²) in [7, 11) is 0. The van der Waals surface area contributed by atoms with Gasteiger partial charge in [-0.15, -0.1) is 0 Å². The van der Waals surface area contributed by atoms with Crippen LogP contribution in [0.25, 0.3) is 0 Å². The van der Waals surface area contributed by atoms with Gasteiger partial charge in [0, 0.05) is 19.3 Å². The molecule has 0 rings (SSSR count). The minimum absolute atomic E-state index is 0.0956. The SMILES string of the molecule is CC/C=C\C/C=C\C/C=C\C/C=C\C/C=C\C/C=C\CCCCCCCCCCCCCCC(=O)OCC(COC(=O)CCCCCCC/C=C\C/C=C\C/C=C\CC)OC(=O)CCCCCCCC/C=C\C/C=C\C/C=C\C/C=C\CC. The van der Waals surface area contributed by atoms with Crippen LogP contribution in [0.1, 0.15) is 290 Å². The first kappa shape index (κ1) is 78.0. The van der Waals surface area contributed by atoms with Crippen LogP contribution in [0.15, 0.2) is 158 Å². The molecule has 0 bridgehead atoms. The fourth-order valence-electron chi connectivity index (χ4n) is 9.04. The third kappa shape index (κ3) is 67.7. The molecule has 83 heavy (non-hydrogen) atoms. The van der Waals surface area contributed by atoms with Crippen molar-refractivity contribution in [2.75, 3.05) is 13.2 Å². The lowest BCUT2D eigenvalue weighted by atomic mass is 10.0. The minimum atomic E-state index is -0.802. The first-order valence-electron chi connectivity index (χ1n) is 34.0. The Morgan fingerprint density at radius 2 is 0.434 bits per heavy atom. The van der Waals surface area contributed by atoms with Gasteiger partial charge in [-0.3, -0.25) is 14.4 Å². The highest BCUT2D eigenvalue weighted by atomic mass is 16.6. The van der Waals surface area contributed by atoms with Gasteiger partial charge < -0.3 is 14.2 Å². The molecule has 1 unspecified atom stereocenters. The summed E-state index contributed by atoms with van der Waals surface area (Å²) in [5, 5.41) is 0. The summed E-state index contributed by atoms with van der Waals surface area (Å²) < 4.78 is 16.9. The summed E-state index contributed by atoms with van der Waals surface area (Å²) in [4.78, 5) is 38.4. The van der Waals surface area contributed by atoms with Crippen molar-refractivity contribution in [3.05, 3.63) is 158 Å². The molecular weight excluding hydrogens is 1020 g/mol. The maximum absolute atomic E-state index is 12.9. The molecule has 0 saturated carbocycles. The quantitative estimate of drug-likeness (QED) is 0.0261. The largest absolute Gasteiger partial charge is 0.462 e. The number of allylic oxidation sites excluding steroid dienone is 26. The van der Waals surface area contributed by atoms with Crippen LogP contribution in [0.3, 0.4) is 0 Å². The van der Waals surface area contributed by atoms with Crippen LogP contribution >= 0.6 is 0 Å². The summed E-state index contributed by atoms with van der Waals surface area (Å²) in [6.07, 6.45) is 101. The van der Waals surface area contributed by atoms with E-state index in [9.17, 15) is 14.4 Å². The van der Waals surface area contributed by atoms with E-state index in [4.69, 9.17) is 14.2 Å². The normalized spacial score (nSPS) is 13.1. The van der Waals surface area contributed by atoms with Crippen molar-refractivity contribution in [1.29, 1.82) is 0 Å². The van der Waals surface area contributed by atoms with Gasteiger partial charge in [-0.05, 0) is 141 Å². The first-order chi connectivity index (χ1) is 41.0. The molecular formula is C77H124O6. The van der Waals surface area contributed by atoms with Crippen LogP contribution in [0.5, 0.6) is 0 Å². The number of ether oxygens (including phenoxy) is 3. The lowest BCUT2D eigenvalue weighted by Crippen LogP contribution is -2.30. The van der Waals surface area contributed by atoms with E-state index in [-0.39, 0.29) is 31.1 Å². The highest BCUT2D eigenvalue weighted by Crippen LogP contribution is 2.16. The van der Waals surface area contributed by atoms with Gasteiger partial charge in [0.15, 0.2) is 6.10 Å². The summed E-state index contributed by atoms with van der Waals surface area (Å²) in [6.45, 7) is 6.28. The summed E-state index contributed by atoms with van der Waals surface area (Å²) in [5.74, 6) is -0.927. The zero-order chi connectivity index (χ0) is 59.9. The molecule has 6 nitrogen and oxygen atoms in total. The summed E-state index contributed by atoms with van der Waals surface area (Å²) in [6, 6.07) is 0. The van der Waals surface area contributed by atoms with Gasteiger partial charge in [-0.25, -0.2) is 0 Å². The van der Waals surface area contributed by atoms with Crippen LogP contribution < -0.4 is 0 Å². The van der Waals surface area contributed by atoms with Crippen LogP contribution in [-0.2, 0) is 28.6 Å². The van der Waals surface area contributed by atoms with E-state index in [2.05, 4.69) is 179 Å². The average molecular weight is 1150 g/mol. The maximum Gasteiger partial charge on any atom is 0.306 e. The molecule has 0 heterocycles. The molecule has 0 aromatic carbocycles. The molecule has 0 aliphatic carbocycles. The molecule has 6 heteroatoms. The van der Waals surface area contributed by atoms with E-state index in [1.807, 2.05) is 0 Å². The maximum atomic E-state index is 12.9. The molecule has 468 valence electrons. The molecule has 0 spiro atoms. The van der Waals surface area contributed by atoms with E-state index >= 15 is 0 Å². The Kier molecular flexibility index (Phi) is 65.4. The highest BCUT2D eigenvalue weighted by molar-refractivity contribution is 5.71. The van der Waals surface area contributed by atoms with E-state index < -0.39 is 6.10 Å². The topological polar surface area (TPSA) is 78.9 Å². The van der Waals surface area contributed by atoms with Crippen molar-refractivity contribution in [3.63, 3.8) is 0 Å². The third-order valence-electron chi connectivity index (χ3n) is 14.0. The number of hydrogen-bond donors (Lipinski definition) is 0. The molecule has 0 N–H and O–H groups in total. The lowest BCUT2D eigenvalue weighted by Gasteiger charge is -2.18. The van der Waals surface area contributed by atoms with Crippen LogP contribution in [0.2, 0.25) is 0 Å². The Balaban J connectivity index is 4.34. The Labute approximate surface area is 511 Å². The number of hydrogen-bond acceptors (Lipinski definition) is 6. The lowest BCUT2D eigenvalue weighted by molar-refractivity contribution is -0.167. The first-order valence-corrected chi connectivity index (χ1v) is 34.0. The second kappa shape index (κ2) is 69.5. The zero-order valence-electron chi connectivity index (χ0n) is 53.7. The Bertz CT molecular complexity index is 1840. The fraction of sp³-hybridized carbons (Fsp3) is 0.623. The predicted molar refractivity (Wildman–Crippen MR) is 362 cm³/mol. The third-order valence-corrected chi connectivity index (χ3v) is 14.0. The van der Waals surface area contributed by atoms with Crippen molar-refractivity contribution in [1.82, 2.24) is 0 Å². The number of esters is 3. The van der Waals surface area contributed by atoms with Gasteiger partial charge >= 0.3 is 17.9 Å². The second-order valence-corrected chi connectivity index (χ2v) is 21.9. The molecule has 0 radical (unpaired) electrons. The number of unbranched alkanes of at least 4 members (excludes halogenated alkanes) is 23. The summed E-state index contributed by atoms with van der Waals surface area (Å²) >= 11 is 0. The molecule has 0 aromatic heterocycles. The average Bonchev–Trinajstić information content (AvgIpc) is 3.49. The molecule has 0 aliphatic rings. The van der Waals surface area contributed by atoms with Crippen molar-refractivity contribution < 1.29 is 28.6 Å². The number of carbonyl (C=O) groups is 3. The monoisotopic (exact) mass is 1140 g/mol. The molecule has 1 atom stereocenters. The molecule has 0 saturated heterocycles. The van der Waals surface area contributed by atoms with Crippen LogP contribution in [0, 0.1) is 0 Å². The van der Waals surface area contributed by atoms with Gasteiger partial charge in [-0.2, -0.15) is 0 Å². The van der Waals surface area contributed by atoms with Gasteiger partial charge in [-0.1, -0.05) is 288 Å². The summed E-state index contributed by atoms with van der Waals surface area (Å²) in [5.41, 5.74) is 0. The minimum Gasteiger partial charge on any atom is -0.462 e. The Hall–Kier alpha value is -4.97.